The summed E-state index contributed by atoms with van der Waals surface area (Å²) in [6.07, 6.45) is 1.01. The molecule has 4 rings (SSSR count). The van der Waals surface area contributed by atoms with Gasteiger partial charge in [0.25, 0.3) is 0 Å². The zero-order valence-corrected chi connectivity index (χ0v) is 17.4. The van der Waals surface area contributed by atoms with Crippen molar-refractivity contribution >= 4 is 28.6 Å². The van der Waals surface area contributed by atoms with E-state index in [2.05, 4.69) is 50.6 Å². The van der Waals surface area contributed by atoms with Gasteiger partial charge in [0.05, 0.1) is 0 Å². The molecule has 0 saturated carbocycles. The molecule has 8 nitrogen and oxygen atoms in total. The summed E-state index contributed by atoms with van der Waals surface area (Å²) in [5, 5.41) is 14.7. The monoisotopic (exact) mass is 428 g/mol. The molecule has 0 bridgehead atoms. The van der Waals surface area contributed by atoms with Gasteiger partial charge in [-0.25, -0.2) is 0 Å². The summed E-state index contributed by atoms with van der Waals surface area (Å²) in [7, 11) is 0. The van der Waals surface area contributed by atoms with E-state index in [1.54, 1.807) is 0 Å². The van der Waals surface area contributed by atoms with E-state index in [-0.39, 0.29) is 12.4 Å². The Labute approximate surface area is 185 Å². The highest BCUT2D eigenvalue weighted by Gasteiger charge is 2.13. The van der Waals surface area contributed by atoms with Crippen LogP contribution in [0.3, 0.4) is 0 Å². The number of nitrogens with two attached hydrogens (primary N) is 2. The van der Waals surface area contributed by atoms with E-state index in [0.29, 0.717) is 23.9 Å². The second-order valence-corrected chi connectivity index (χ2v) is 7.55. The minimum Gasteiger partial charge on any atom is -0.480 e. The number of fused-ring (bicyclic) bond motifs is 1. The first kappa shape index (κ1) is 21.2. The molecule has 8 heteroatoms. The molecule has 1 unspecified atom stereocenters. The predicted octanol–water partition coefficient (Wildman–Crippen LogP) is 2.88. The third-order valence-corrected chi connectivity index (χ3v) is 5.12. The van der Waals surface area contributed by atoms with E-state index < -0.39 is 12.0 Å². The number of nitrogens with zero attached hydrogens (tertiary/aromatic N) is 3. The highest BCUT2D eigenvalue weighted by Crippen LogP contribution is 2.20. The van der Waals surface area contributed by atoms with E-state index in [4.69, 9.17) is 16.6 Å². The van der Waals surface area contributed by atoms with Crippen molar-refractivity contribution in [3.05, 3.63) is 77.9 Å². The molecule has 0 saturated heterocycles. The molecule has 0 fully saturated rings. The molecule has 0 aliphatic heterocycles. The minimum atomic E-state index is -1.04. The third-order valence-electron chi connectivity index (χ3n) is 5.12. The van der Waals surface area contributed by atoms with Crippen LogP contribution in [0.25, 0.3) is 22.2 Å². The Morgan fingerprint density at radius 3 is 2.56 bits per heavy atom. The number of benzene rings is 3. The zero-order chi connectivity index (χ0) is 22.5. The van der Waals surface area contributed by atoms with Crippen molar-refractivity contribution in [3.8, 4) is 11.4 Å². The van der Waals surface area contributed by atoms with Gasteiger partial charge in [-0.05, 0) is 40.8 Å². The van der Waals surface area contributed by atoms with E-state index in [0.717, 1.165) is 12.0 Å². The Kier molecular flexibility index (Phi) is 6.23. The van der Waals surface area contributed by atoms with Crippen molar-refractivity contribution in [3.63, 3.8) is 0 Å². The van der Waals surface area contributed by atoms with Gasteiger partial charge < -0.3 is 21.9 Å². The molecule has 0 aliphatic carbocycles. The summed E-state index contributed by atoms with van der Waals surface area (Å²) in [5.41, 5.74) is 14.3. The zero-order valence-electron chi connectivity index (χ0n) is 17.4. The standard InChI is InChI=1S/C24H24N6O2/c25-20(22(31)32)14-16-4-3-7-19(13-16)21-28-23(26)30-24(29-21)27-11-10-15-8-9-17-5-1-2-6-18(17)12-15/h1-9,12-13,20H,10-11,14,25H2,(H,31,32)(H3,26,27,28,29,30). The van der Waals surface area contributed by atoms with Crippen molar-refractivity contribution in [2.45, 2.75) is 18.9 Å². The quantitative estimate of drug-likeness (QED) is 0.336. The lowest BCUT2D eigenvalue weighted by atomic mass is 10.0. The average molecular weight is 428 g/mol. The van der Waals surface area contributed by atoms with E-state index in [1.165, 1.54) is 16.3 Å². The average Bonchev–Trinajstić information content (AvgIpc) is 2.79. The van der Waals surface area contributed by atoms with E-state index in [9.17, 15) is 4.79 Å². The van der Waals surface area contributed by atoms with E-state index in [1.807, 2.05) is 36.4 Å². The predicted molar refractivity (Wildman–Crippen MR) is 125 cm³/mol. The van der Waals surface area contributed by atoms with Crippen LogP contribution in [0.15, 0.2) is 66.7 Å². The molecule has 32 heavy (non-hydrogen) atoms. The molecule has 1 heterocycles. The van der Waals surface area contributed by atoms with Gasteiger partial charge in [0.1, 0.15) is 6.04 Å². The molecule has 6 N–H and O–H groups in total. The van der Waals surface area contributed by atoms with Crippen LogP contribution in [-0.4, -0.2) is 38.6 Å². The fraction of sp³-hybridized carbons (Fsp3) is 0.167. The van der Waals surface area contributed by atoms with Crippen LogP contribution in [-0.2, 0) is 17.6 Å². The SMILES string of the molecule is Nc1nc(NCCc2ccc3ccccc3c2)nc(-c2cccc(CC(N)C(=O)O)c2)n1. The fourth-order valence-corrected chi connectivity index (χ4v) is 3.49. The number of nitrogens with one attached hydrogen (secondary N) is 1. The Hall–Kier alpha value is -4.04. The van der Waals surface area contributed by atoms with Crippen LogP contribution in [0, 0.1) is 0 Å². The maximum Gasteiger partial charge on any atom is 0.320 e. The summed E-state index contributed by atoms with van der Waals surface area (Å²) in [4.78, 5) is 23.9. The summed E-state index contributed by atoms with van der Waals surface area (Å²) < 4.78 is 0. The van der Waals surface area contributed by atoms with Crippen LogP contribution < -0.4 is 16.8 Å². The van der Waals surface area contributed by atoms with Gasteiger partial charge in [0.15, 0.2) is 5.82 Å². The van der Waals surface area contributed by atoms with Gasteiger partial charge in [-0.2, -0.15) is 15.0 Å². The maximum absolute atomic E-state index is 11.0. The van der Waals surface area contributed by atoms with Crippen LogP contribution >= 0.6 is 0 Å². The second-order valence-electron chi connectivity index (χ2n) is 7.55. The first-order chi connectivity index (χ1) is 15.5. The third kappa shape index (κ3) is 5.16. The van der Waals surface area contributed by atoms with E-state index >= 15 is 0 Å². The number of aliphatic carboxylic acids is 1. The largest absolute Gasteiger partial charge is 0.480 e. The van der Waals surface area contributed by atoms with Gasteiger partial charge in [0.2, 0.25) is 11.9 Å². The van der Waals surface area contributed by atoms with Crippen LogP contribution in [0.2, 0.25) is 0 Å². The van der Waals surface area contributed by atoms with Crippen LogP contribution in [0.1, 0.15) is 11.1 Å². The molecule has 0 aliphatic rings. The number of rotatable bonds is 8. The molecular formula is C24H24N6O2. The number of carbonyl (C=O) groups is 1. The highest BCUT2D eigenvalue weighted by atomic mass is 16.4. The number of carboxylic acid groups (broad SMARTS) is 1. The van der Waals surface area contributed by atoms with Crippen molar-refractivity contribution in [2.24, 2.45) is 5.73 Å². The molecule has 162 valence electrons. The van der Waals surface area contributed by atoms with Crippen molar-refractivity contribution in [1.82, 2.24) is 15.0 Å². The lowest BCUT2D eigenvalue weighted by molar-refractivity contribution is -0.138. The lowest BCUT2D eigenvalue weighted by Crippen LogP contribution is -2.32. The van der Waals surface area contributed by atoms with Crippen molar-refractivity contribution in [2.75, 3.05) is 17.6 Å². The number of hydrogen-bond donors (Lipinski definition) is 4. The molecule has 0 amide bonds. The van der Waals surface area contributed by atoms with Gasteiger partial charge in [-0.3, -0.25) is 4.79 Å². The summed E-state index contributed by atoms with van der Waals surface area (Å²) in [6, 6.07) is 21.0. The molecule has 4 aromatic rings. The first-order valence-electron chi connectivity index (χ1n) is 10.3. The Bertz CT molecular complexity index is 1260. The van der Waals surface area contributed by atoms with Gasteiger partial charge in [0, 0.05) is 12.1 Å². The van der Waals surface area contributed by atoms with Crippen molar-refractivity contribution in [1.29, 1.82) is 0 Å². The molecule has 0 spiro atoms. The number of hydrogen-bond acceptors (Lipinski definition) is 7. The molecular weight excluding hydrogens is 404 g/mol. The summed E-state index contributed by atoms with van der Waals surface area (Å²) in [6.45, 7) is 0.634. The second kappa shape index (κ2) is 9.40. The first-order valence-corrected chi connectivity index (χ1v) is 10.3. The Morgan fingerprint density at radius 1 is 0.938 bits per heavy atom. The number of nitrogen functional groups attached to an aromatic ring is 1. The normalized spacial score (nSPS) is 11.9. The molecule has 0 radical (unpaired) electrons. The highest BCUT2D eigenvalue weighted by molar-refractivity contribution is 5.83. The van der Waals surface area contributed by atoms with Gasteiger partial charge in [-0.15, -0.1) is 0 Å². The smallest absolute Gasteiger partial charge is 0.320 e. The summed E-state index contributed by atoms with van der Waals surface area (Å²) >= 11 is 0. The van der Waals surface area contributed by atoms with Gasteiger partial charge >= 0.3 is 5.97 Å². The molecule has 3 aromatic carbocycles. The number of aromatic nitrogens is 3. The van der Waals surface area contributed by atoms with Crippen molar-refractivity contribution < 1.29 is 9.90 Å². The minimum absolute atomic E-state index is 0.107. The van der Waals surface area contributed by atoms with Crippen LogP contribution in [0.5, 0.6) is 0 Å². The maximum atomic E-state index is 11.0. The molecule has 1 aromatic heterocycles. The number of carboxylic acids is 1. The van der Waals surface area contributed by atoms with Gasteiger partial charge in [-0.1, -0.05) is 60.7 Å². The molecule has 1 atom stereocenters. The Morgan fingerprint density at radius 2 is 1.75 bits per heavy atom. The summed E-state index contributed by atoms with van der Waals surface area (Å²) in [5.74, 6) is -0.133. The topological polar surface area (TPSA) is 140 Å². The number of anilines is 2. The van der Waals surface area contributed by atoms with Crippen LogP contribution in [0.4, 0.5) is 11.9 Å². The lowest BCUT2D eigenvalue weighted by Gasteiger charge is -2.10. The Balaban J connectivity index is 1.46. The fourth-order valence-electron chi connectivity index (χ4n) is 3.49.